The lowest BCUT2D eigenvalue weighted by atomic mass is 9.92. The van der Waals surface area contributed by atoms with Gasteiger partial charge in [-0.05, 0) is 12.0 Å². The fraction of sp³-hybridized carbons (Fsp3) is 0.250. The van der Waals surface area contributed by atoms with Crippen molar-refractivity contribution in [2.24, 2.45) is 5.92 Å². The summed E-state index contributed by atoms with van der Waals surface area (Å²) in [4.78, 5) is 33.4. The van der Waals surface area contributed by atoms with Crippen molar-refractivity contribution in [3.05, 3.63) is 35.9 Å². The Labute approximate surface area is 103 Å². The molecule has 0 spiro atoms. The number of benzene rings is 1. The summed E-state index contributed by atoms with van der Waals surface area (Å²) in [6, 6.07) is 7.76. The minimum absolute atomic E-state index is 0.149. The van der Waals surface area contributed by atoms with E-state index < -0.39 is 30.0 Å². The first-order chi connectivity index (χ1) is 8.58. The molecule has 1 fully saturated rings. The van der Waals surface area contributed by atoms with Crippen LogP contribution >= 0.6 is 0 Å². The second kappa shape index (κ2) is 4.87. The molecule has 1 heterocycles. The molecule has 0 saturated carbocycles. The van der Waals surface area contributed by atoms with Crippen LogP contribution in [-0.2, 0) is 20.7 Å². The van der Waals surface area contributed by atoms with E-state index in [4.69, 9.17) is 5.11 Å². The van der Waals surface area contributed by atoms with Gasteiger partial charge in [0.25, 0.3) is 0 Å². The molecule has 1 aliphatic rings. The Morgan fingerprint density at radius 2 is 2.00 bits per heavy atom. The minimum Gasteiger partial charge on any atom is -0.481 e. The maximum absolute atomic E-state index is 11.4. The molecule has 1 unspecified atom stereocenters. The lowest BCUT2D eigenvalue weighted by Crippen LogP contribution is -2.41. The van der Waals surface area contributed by atoms with Gasteiger partial charge in [-0.1, -0.05) is 30.3 Å². The second-order valence-corrected chi connectivity index (χ2v) is 3.97. The van der Waals surface area contributed by atoms with E-state index in [2.05, 4.69) is 10.1 Å². The molecule has 1 amide bonds. The highest BCUT2D eigenvalue weighted by Gasteiger charge is 2.42. The van der Waals surface area contributed by atoms with Crippen LogP contribution in [-0.4, -0.2) is 29.2 Å². The summed E-state index contributed by atoms with van der Waals surface area (Å²) in [5.41, 5.74) is 0.777. The molecular weight excluding hydrogens is 238 g/mol. The van der Waals surface area contributed by atoms with E-state index in [1.165, 1.54) is 0 Å². The molecule has 18 heavy (non-hydrogen) atoms. The molecule has 94 valence electrons. The van der Waals surface area contributed by atoms with Crippen molar-refractivity contribution in [2.45, 2.75) is 12.5 Å². The first-order valence-electron chi connectivity index (χ1n) is 5.37. The highest BCUT2D eigenvalue weighted by atomic mass is 16.6. The molecule has 6 nitrogen and oxygen atoms in total. The van der Waals surface area contributed by atoms with Gasteiger partial charge in [0.15, 0.2) is 0 Å². The van der Waals surface area contributed by atoms with Crippen molar-refractivity contribution in [1.82, 2.24) is 5.32 Å². The summed E-state index contributed by atoms with van der Waals surface area (Å²) < 4.78 is 4.29. The average molecular weight is 249 g/mol. The summed E-state index contributed by atoms with van der Waals surface area (Å²) in [6.07, 6.45) is -0.750. The molecule has 0 aliphatic carbocycles. The maximum Gasteiger partial charge on any atom is 0.415 e. The molecule has 0 aromatic heterocycles. The minimum atomic E-state index is -1.15. The van der Waals surface area contributed by atoms with Crippen molar-refractivity contribution in [1.29, 1.82) is 0 Å². The van der Waals surface area contributed by atoms with E-state index in [-0.39, 0.29) is 6.42 Å². The second-order valence-electron chi connectivity index (χ2n) is 3.97. The normalized spacial score (nSPS) is 20.1. The molecular formula is C12H11NO5. The van der Waals surface area contributed by atoms with Crippen LogP contribution in [0.1, 0.15) is 5.56 Å². The molecule has 1 aromatic rings. The van der Waals surface area contributed by atoms with Crippen molar-refractivity contribution in [2.75, 3.05) is 0 Å². The number of hydrogen-bond acceptors (Lipinski definition) is 4. The van der Waals surface area contributed by atoms with E-state index >= 15 is 0 Å². The van der Waals surface area contributed by atoms with Gasteiger partial charge in [-0.3, -0.25) is 4.79 Å². The summed E-state index contributed by atoms with van der Waals surface area (Å²) in [7, 11) is 0. The lowest BCUT2D eigenvalue weighted by Gasteiger charge is -2.15. The predicted octanol–water partition coefficient (Wildman–Crippen LogP) is 0.565. The maximum atomic E-state index is 11.4. The number of carboxylic acids is 1. The molecule has 0 bridgehead atoms. The summed E-state index contributed by atoms with van der Waals surface area (Å²) in [6.45, 7) is 0. The van der Waals surface area contributed by atoms with Crippen LogP contribution < -0.4 is 5.32 Å². The third-order valence-electron chi connectivity index (χ3n) is 2.74. The first kappa shape index (κ1) is 12.1. The van der Waals surface area contributed by atoms with Gasteiger partial charge in [0.2, 0.25) is 0 Å². The van der Waals surface area contributed by atoms with E-state index in [0.717, 1.165) is 5.56 Å². The van der Waals surface area contributed by atoms with Gasteiger partial charge < -0.3 is 15.2 Å². The Balaban J connectivity index is 2.17. The molecule has 2 atom stereocenters. The fourth-order valence-corrected chi connectivity index (χ4v) is 1.85. The van der Waals surface area contributed by atoms with Crippen molar-refractivity contribution in [3.8, 4) is 0 Å². The van der Waals surface area contributed by atoms with E-state index in [1.54, 1.807) is 24.3 Å². The van der Waals surface area contributed by atoms with Gasteiger partial charge in [-0.2, -0.15) is 0 Å². The topological polar surface area (TPSA) is 92.7 Å². The highest BCUT2D eigenvalue weighted by molar-refractivity contribution is 5.98. The molecule has 6 heteroatoms. The standard InChI is InChI=1S/C12H11NO5/c14-10(15)8(6-7-4-2-1-3-5-7)9-11(16)18-12(17)13-9/h1-5,8-9H,6H2,(H,13,17)(H,14,15)/t8?,9-/m0/s1. The van der Waals surface area contributed by atoms with Crippen molar-refractivity contribution < 1.29 is 24.2 Å². The van der Waals surface area contributed by atoms with Gasteiger partial charge in [0.1, 0.15) is 6.04 Å². The molecule has 1 saturated heterocycles. The number of hydrogen-bond donors (Lipinski definition) is 2. The number of rotatable bonds is 4. The van der Waals surface area contributed by atoms with Gasteiger partial charge in [0, 0.05) is 0 Å². The number of nitrogens with one attached hydrogen (secondary N) is 1. The summed E-state index contributed by atoms with van der Waals surface area (Å²) in [5, 5.41) is 11.4. The Hall–Kier alpha value is -2.37. The number of carbonyl (C=O) groups is 3. The summed E-state index contributed by atoms with van der Waals surface area (Å²) >= 11 is 0. The summed E-state index contributed by atoms with van der Waals surface area (Å²) in [5.74, 6) is -3.03. The number of aliphatic carboxylic acids is 1. The zero-order valence-corrected chi connectivity index (χ0v) is 9.33. The zero-order valence-electron chi connectivity index (χ0n) is 9.33. The number of alkyl carbamates (subject to hydrolysis) is 1. The monoisotopic (exact) mass is 249 g/mol. The Morgan fingerprint density at radius 1 is 1.33 bits per heavy atom. The average Bonchev–Trinajstić information content (AvgIpc) is 2.66. The zero-order chi connectivity index (χ0) is 13.1. The van der Waals surface area contributed by atoms with Crippen LogP contribution in [0.5, 0.6) is 0 Å². The molecule has 1 aromatic carbocycles. The number of carboxylic acid groups (broad SMARTS) is 1. The molecule has 2 N–H and O–H groups in total. The quantitative estimate of drug-likeness (QED) is 0.601. The lowest BCUT2D eigenvalue weighted by molar-refractivity contribution is -0.147. The highest BCUT2D eigenvalue weighted by Crippen LogP contribution is 2.17. The van der Waals surface area contributed by atoms with E-state index in [0.29, 0.717) is 0 Å². The largest absolute Gasteiger partial charge is 0.481 e. The molecule has 2 rings (SSSR count). The van der Waals surface area contributed by atoms with Gasteiger partial charge >= 0.3 is 18.0 Å². The van der Waals surface area contributed by atoms with Crippen LogP contribution in [0, 0.1) is 5.92 Å². The number of cyclic esters (lactones) is 2. The Morgan fingerprint density at radius 3 is 2.50 bits per heavy atom. The number of ether oxygens (including phenoxy) is 1. The third kappa shape index (κ3) is 2.48. The SMILES string of the molecule is O=C1N[C@@H](C(Cc2ccccc2)C(=O)O)C(=O)O1. The Kier molecular flexibility index (Phi) is 3.27. The molecule has 0 radical (unpaired) electrons. The number of esters is 1. The van der Waals surface area contributed by atoms with Crippen LogP contribution in [0.3, 0.4) is 0 Å². The van der Waals surface area contributed by atoms with Crippen LogP contribution in [0.25, 0.3) is 0 Å². The van der Waals surface area contributed by atoms with Gasteiger partial charge in [-0.25, -0.2) is 9.59 Å². The predicted molar refractivity (Wildman–Crippen MR) is 59.7 cm³/mol. The Bertz CT molecular complexity index is 485. The van der Waals surface area contributed by atoms with Crippen molar-refractivity contribution in [3.63, 3.8) is 0 Å². The number of amides is 1. The van der Waals surface area contributed by atoms with Gasteiger partial charge in [-0.15, -0.1) is 0 Å². The third-order valence-corrected chi connectivity index (χ3v) is 2.74. The smallest absolute Gasteiger partial charge is 0.415 e. The van der Waals surface area contributed by atoms with Crippen molar-refractivity contribution >= 4 is 18.0 Å². The first-order valence-corrected chi connectivity index (χ1v) is 5.37. The number of carbonyl (C=O) groups excluding carboxylic acids is 2. The van der Waals surface area contributed by atoms with E-state index in [1.807, 2.05) is 6.07 Å². The van der Waals surface area contributed by atoms with Crippen LogP contribution in [0.4, 0.5) is 4.79 Å². The van der Waals surface area contributed by atoms with E-state index in [9.17, 15) is 14.4 Å². The van der Waals surface area contributed by atoms with Crippen LogP contribution in [0.2, 0.25) is 0 Å². The van der Waals surface area contributed by atoms with Gasteiger partial charge in [0.05, 0.1) is 5.92 Å². The fourth-order valence-electron chi connectivity index (χ4n) is 1.85. The van der Waals surface area contributed by atoms with Crippen LogP contribution in [0.15, 0.2) is 30.3 Å². The molecule has 1 aliphatic heterocycles.